The zero-order valence-corrected chi connectivity index (χ0v) is 14.2. The van der Waals surface area contributed by atoms with E-state index in [2.05, 4.69) is 0 Å². The van der Waals surface area contributed by atoms with Gasteiger partial charge in [0, 0.05) is 37.2 Å². The van der Waals surface area contributed by atoms with Gasteiger partial charge in [-0.05, 0) is 25.3 Å². The molecule has 2 aliphatic rings. The van der Waals surface area contributed by atoms with Crippen LogP contribution in [-0.4, -0.2) is 67.7 Å². The molecule has 3 rings (SSSR count). The first-order valence-electron chi connectivity index (χ1n) is 7.66. The van der Waals surface area contributed by atoms with Gasteiger partial charge < -0.3 is 14.4 Å². The van der Waals surface area contributed by atoms with E-state index in [0.717, 1.165) is 5.56 Å². The molecule has 1 N–H and O–H groups in total. The fourth-order valence-corrected chi connectivity index (χ4v) is 4.66. The van der Waals surface area contributed by atoms with Crippen molar-refractivity contribution < 1.29 is 22.7 Å². The molecule has 0 aliphatic carbocycles. The number of hydrogen-bond acceptors (Lipinski definition) is 5. The molecule has 0 saturated carbocycles. The highest BCUT2D eigenvalue weighted by atomic mass is 32.2. The first-order chi connectivity index (χ1) is 10.8. The lowest BCUT2D eigenvalue weighted by molar-refractivity contribution is 0.0113. The number of nitrogens with zero attached hydrogens (tertiary/aromatic N) is 2. The summed E-state index contributed by atoms with van der Waals surface area (Å²) >= 11 is 0. The number of carbonyl (C=O) groups is 1. The number of hydrogen-bond donors (Lipinski definition) is 1. The number of fused-ring (bicyclic) bond motifs is 1. The highest BCUT2D eigenvalue weighted by Crippen LogP contribution is 2.43. The predicted molar refractivity (Wildman–Crippen MR) is 83.4 cm³/mol. The molecule has 0 spiro atoms. The second-order valence-corrected chi connectivity index (χ2v) is 8.70. The van der Waals surface area contributed by atoms with Crippen LogP contribution in [0.2, 0.25) is 0 Å². The van der Waals surface area contributed by atoms with Crippen LogP contribution < -0.4 is 0 Å². The topological polar surface area (TPSA) is 91.1 Å². The van der Waals surface area contributed by atoms with Gasteiger partial charge in [0.15, 0.2) is 5.76 Å². The molecule has 128 valence electrons. The average Bonchev–Trinajstić information content (AvgIpc) is 3.09. The van der Waals surface area contributed by atoms with Gasteiger partial charge in [0.2, 0.25) is 10.0 Å². The van der Waals surface area contributed by atoms with Crippen LogP contribution in [0.5, 0.6) is 0 Å². The molecule has 0 unspecified atom stereocenters. The molecule has 23 heavy (non-hydrogen) atoms. The van der Waals surface area contributed by atoms with E-state index < -0.39 is 15.4 Å². The summed E-state index contributed by atoms with van der Waals surface area (Å²) in [7, 11) is -3.30. The van der Waals surface area contributed by atoms with Crippen LogP contribution in [0, 0.1) is 18.3 Å². The molecule has 2 atom stereocenters. The molecule has 2 aliphatic heterocycles. The van der Waals surface area contributed by atoms with Gasteiger partial charge in [-0.25, -0.2) is 12.7 Å². The fraction of sp³-hybridized carbons (Fsp3) is 0.667. The van der Waals surface area contributed by atoms with Gasteiger partial charge in [-0.15, -0.1) is 0 Å². The lowest BCUT2D eigenvalue weighted by atomic mass is 9.74. The second kappa shape index (κ2) is 5.61. The van der Waals surface area contributed by atoms with Crippen molar-refractivity contribution in [3.8, 4) is 0 Å². The van der Waals surface area contributed by atoms with Crippen LogP contribution in [0.3, 0.4) is 0 Å². The summed E-state index contributed by atoms with van der Waals surface area (Å²) in [5, 5.41) is 9.94. The molecule has 2 saturated heterocycles. The second-order valence-electron chi connectivity index (χ2n) is 6.72. The largest absolute Gasteiger partial charge is 0.459 e. The molecule has 1 amide bonds. The molecule has 3 heterocycles. The normalized spacial score (nSPS) is 28.8. The van der Waals surface area contributed by atoms with Crippen molar-refractivity contribution in [1.82, 2.24) is 9.21 Å². The number of sulfonamides is 1. The zero-order valence-electron chi connectivity index (χ0n) is 13.4. The van der Waals surface area contributed by atoms with E-state index in [9.17, 15) is 18.3 Å². The monoisotopic (exact) mass is 342 g/mol. The minimum absolute atomic E-state index is 0.0731. The summed E-state index contributed by atoms with van der Waals surface area (Å²) in [5.41, 5.74) is 0.191. The molecule has 2 fully saturated rings. The Morgan fingerprint density at radius 3 is 2.78 bits per heavy atom. The van der Waals surface area contributed by atoms with Gasteiger partial charge in [-0.2, -0.15) is 0 Å². The lowest BCUT2D eigenvalue weighted by Gasteiger charge is -2.42. The number of aryl methyl sites for hydroxylation is 1. The molecule has 1 aromatic heterocycles. The molecule has 7 nitrogen and oxygen atoms in total. The highest BCUT2D eigenvalue weighted by molar-refractivity contribution is 7.88. The number of aliphatic hydroxyl groups is 1. The van der Waals surface area contributed by atoms with E-state index >= 15 is 0 Å². The maximum Gasteiger partial charge on any atom is 0.289 e. The first kappa shape index (κ1) is 16.5. The van der Waals surface area contributed by atoms with E-state index in [0.29, 0.717) is 31.8 Å². The number of amides is 1. The summed E-state index contributed by atoms with van der Waals surface area (Å²) in [6.07, 6.45) is 3.35. The summed E-state index contributed by atoms with van der Waals surface area (Å²) < 4.78 is 30.4. The van der Waals surface area contributed by atoms with Crippen molar-refractivity contribution in [2.45, 2.75) is 13.3 Å². The Morgan fingerprint density at radius 1 is 1.48 bits per heavy atom. The summed E-state index contributed by atoms with van der Waals surface area (Å²) in [6, 6.07) is 1.74. The van der Waals surface area contributed by atoms with Crippen molar-refractivity contribution in [3.63, 3.8) is 0 Å². The number of carbonyl (C=O) groups excluding carboxylic acids is 1. The highest BCUT2D eigenvalue weighted by Gasteiger charge is 2.52. The van der Waals surface area contributed by atoms with E-state index in [4.69, 9.17) is 4.42 Å². The Kier molecular flexibility index (Phi) is 4.02. The SMILES string of the molecule is Cc1ccoc1C(=O)N1CC[C@H]2CN(S(C)(=O)=O)C[C@@]2(CO)C1. The van der Waals surface area contributed by atoms with Gasteiger partial charge in [0.25, 0.3) is 5.91 Å². The zero-order chi connectivity index (χ0) is 16.8. The van der Waals surface area contributed by atoms with Gasteiger partial charge in [-0.1, -0.05) is 0 Å². The number of piperidine rings is 1. The van der Waals surface area contributed by atoms with Crippen LogP contribution in [0.4, 0.5) is 0 Å². The predicted octanol–water partition coefficient (Wildman–Crippen LogP) is 0.304. The summed E-state index contributed by atoms with van der Waals surface area (Å²) in [4.78, 5) is 14.3. The summed E-state index contributed by atoms with van der Waals surface area (Å²) in [6.45, 7) is 3.24. The molecule has 8 heteroatoms. The van der Waals surface area contributed by atoms with Crippen molar-refractivity contribution >= 4 is 15.9 Å². The Labute approximate surface area is 135 Å². The van der Waals surface area contributed by atoms with Crippen molar-refractivity contribution in [3.05, 3.63) is 23.7 Å². The third kappa shape index (κ3) is 2.79. The lowest BCUT2D eigenvalue weighted by Crippen LogP contribution is -2.52. The fourth-order valence-electron chi connectivity index (χ4n) is 3.72. The van der Waals surface area contributed by atoms with Crippen molar-refractivity contribution in [1.29, 1.82) is 0 Å². The third-order valence-electron chi connectivity index (χ3n) is 5.16. The number of rotatable bonds is 3. The maximum absolute atomic E-state index is 12.6. The quantitative estimate of drug-likeness (QED) is 0.853. The molecule has 0 bridgehead atoms. The molecule has 0 radical (unpaired) electrons. The average molecular weight is 342 g/mol. The number of furan rings is 1. The van der Waals surface area contributed by atoms with Crippen LogP contribution in [0.1, 0.15) is 22.5 Å². The van der Waals surface area contributed by atoms with Gasteiger partial charge in [0.05, 0.1) is 19.1 Å². The summed E-state index contributed by atoms with van der Waals surface area (Å²) in [5.74, 6) is 0.190. The molecule has 0 aromatic carbocycles. The van der Waals surface area contributed by atoms with Crippen molar-refractivity contribution in [2.75, 3.05) is 39.0 Å². The minimum atomic E-state index is -3.30. The number of likely N-dealkylation sites (tertiary alicyclic amines) is 1. The van der Waals surface area contributed by atoms with E-state index in [-0.39, 0.29) is 25.0 Å². The molecular formula is C15H22N2O5S. The Balaban J connectivity index is 1.83. The first-order valence-corrected chi connectivity index (χ1v) is 9.51. The van der Waals surface area contributed by atoms with Gasteiger partial charge in [-0.3, -0.25) is 4.79 Å². The Bertz CT molecular complexity index is 713. The van der Waals surface area contributed by atoms with E-state index in [1.165, 1.54) is 16.8 Å². The molecular weight excluding hydrogens is 320 g/mol. The Morgan fingerprint density at radius 2 is 2.22 bits per heavy atom. The number of aliphatic hydroxyl groups excluding tert-OH is 1. The van der Waals surface area contributed by atoms with E-state index in [1.54, 1.807) is 11.0 Å². The van der Waals surface area contributed by atoms with Gasteiger partial charge >= 0.3 is 0 Å². The van der Waals surface area contributed by atoms with Crippen molar-refractivity contribution in [2.24, 2.45) is 11.3 Å². The standard InChI is InChI=1S/C15H22N2O5S/c1-11-4-6-22-13(11)14(19)16-5-3-12-7-17(23(2,20)21)9-15(12,8-16)10-18/h4,6,12,18H,3,5,7-10H2,1-2H3/t12-,15+/m0/s1. The Hall–Kier alpha value is -1.38. The minimum Gasteiger partial charge on any atom is -0.459 e. The van der Waals surface area contributed by atoms with Crippen LogP contribution in [-0.2, 0) is 10.0 Å². The van der Waals surface area contributed by atoms with Gasteiger partial charge in [0.1, 0.15) is 0 Å². The van der Waals surface area contributed by atoms with Crippen LogP contribution >= 0.6 is 0 Å². The van der Waals surface area contributed by atoms with E-state index in [1.807, 2.05) is 6.92 Å². The van der Waals surface area contributed by atoms with Crippen LogP contribution in [0.15, 0.2) is 16.7 Å². The third-order valence-corrected chi connectivity index (χ3v) is 6.38. The van der Waals surface area contributed by atoms with Crippen LogP contribution in [0.25, 0.3) is 0 Å². The smallest absolute Gasteiger partial charge is 0.289 e. The molecule has 1 aromatic rings. The maximum atomic E-state index is 12.6.